The van der Waals surface area contributed by atoms with E-state index in [9.17, 15) is 13.6 Å². The van der Waals surface area contributed by atoms with Gasteiger partial charge in [0.2, 0.25) is 0 Å². The highest BCUT2D eigenvalue weighted by atomic mass is 79.9. The Morgan fingerprint density at radius 1 is 1.67 bits per heavy atom. The number of hydrogen-bond donors (Lipinski definition) is 1. The van der Waals surface area contributed by atoms with Crippen molar-refractivity contribution >= 4 is 33.5 Å². The zero-order valence-corrected chi connectivity index (χ0v) is 9.52. The van der Waals surface area contributed by atoms with Crippen LogP contribution in [0.5, 0.6) is 0 Å². The normalized spacial score (nSPS) is 10.7. The van der Waals surface area contributed by atoms with Crippen LogP contribution in [0.2, 0.25) is 5.02 Å². The number of halogens is 4. The van der Waals surface area contributed by atoms with E-state index in [0.717, 1.165) is 6.20 Å². The van der Waals surface area contributed by atoms with Crippen molar-refractivity contribution in [1.29, 1.82) is 0 Å². The summed E-state index contributed by atoms with van der Waals surface area (Å²) in [7, 11) is 0. The molecule has 1 aromatic rings. The number of aromatic nitrogens is 1. The summed E-state index contributed by atoms with van der Waals surface area (Å²) in [6.45, 7) is 0. The lowest BCUT2D eigenvalue weighted by Gasteiger charge is -2.08. The third-order valence-corrected chi connectivity index (χ3v) is 2.90. The Labute approximate surface area is 97.2 Å². The number of alkyl halides is 2. The summed E-state index contributed by atoms with van der Waals surface area (Å²) >= 11 is 8.69. The largest absolute Gasteiger partial charge is 0.481 e. The van der Waals surface area contributed by atoms with Gasteiger partial charge in [0.15, 0.2) is 0 Å². The van der Waals surface area contributed by atoms with Gasteiger partial charge in [-0.05, 0) is 15.9 Å². The van der Waals surface area contributed by atoms with Gasteiger partial charge < -0.3 is 5.11 Å². The molecule has 0 aliphatic heterocycles. The fourth-order valence-corrected chi connectivity index (χ4v) is 1.58. The summed E-state index contributed by atoms with van der Waals surface area (Å²) < 4.78 is 25.2. The van der Waals surface area contributed by atoms with E-state index in [4.69, 9.17) is 16.7 Å². The maximum Gasteiger partial charge on any atom is 0.307 e. The second-order valence-electron chi connectivity index (χ2n) is 2.66. The first kappa shape index (κ1) is 12.3. The molecule has 0 atom stereocenters. The topological polar surface area (TPSA) is 50.2 Å². The van der Waals surface area contributed by atoms with Crippen LogP contribution in [0.15, 0.2) is 10.7 Å². The quantitative estimate of drug-likeness (QED) is 0.933. The van der Waals surface area contributed by atoms with Crippen LogP contribution < -0.4 is 0 Å². The molecule has 82 valence electrons. The zero-order chi connectivity index (χ0) is 11.6. The maximum atomic E-state index is 12.5. The minimum absolute atomic E-state index is 0.0392. The smallest absolute Gasteiger partial charge is 0.307 e. The third kappa shape index (κ3) is 2.85. The summed E-state index contributed by atoms with van der Waals surface area (Å²) in [6.07, 6.45) is -2.30. The van der Waals surface area contributed by atoms with Crippen molar-refractivity contribution < 1.29 is 18.7 Å². The lowest BCUT2D eigenvalue weighted by atomic mass is 10.1. The van der Waals surface area contributed by atoms with Crippen LogP contribution in [0, 0.1) is 0 Å². The van der Waals surface area contributed by atoms with Gasteiger partial charge in [-0.1, -0.05) is 11.6 Å². The van der Waals surface area contributed by atoms with E-state index in [1.54, 1.807) is 0 Å². The number of aliphatic carboxylic acids is 1. The third-order valence-electron chi connectivity index (χ3n) is 1.64. The summed E-state index contributed by atoms with van der Waals surface area (Å²) in [4.78, 5) is 13.9. The van der Waals surface area contributed by atoms with Gasteiger partial charge in [-0.2, -0.15) is 0 Å². The molecule has 1 rings (SSSR count). The van der Waals surface area contributed by atoms with Crippen LogP contribution in [0.3, 0.4) is 0 Å². The van der Waals surface area contributed by atoms with Crippen molar-refractivity contribution in [2.24, 2.45) is 0 Å². The predicted octanol–water partition coefficient (Wildman–Crippen LogP) is 3.06. The lowest BCUT2D eigenvalue weighted by molar-refractivity contribution is -0.136. The molecule has 0 amide bonds. The second-order valence-corrected chi connectivity index (χ2v) is 3.89. The van der Waals surface area contributed by atoms with Gasteiger partial charge in [-0.15, -0.1) is 0 Å². The summed E-state index contributed by atoms with van der Waals surface area (Å²) in [6, 6.07) is 0. The Morgan fingerprint density at radius 3 is 2.73 bits per heavy atom. The van der Waals surface area contributed by atoms with Gasteiger partial charge in [-0.3, -0.25) is 9.78 Å². The molecule has 15 heavy (non-hydrogen) atoms. The van der Waals surface area contributed by atoms with E-state index in [1.165, 1.54) is 0 Å². The van der Waals surface area contributed by atoms with Gasteiger partial charge in [-0.25, -0.2) is 8.78 Å². The molecule has 0 fully saturated rings. The fraction of sp³-hybridized carbons (Fsp3) is 0.250. The first-order valence-electron chi connectivity index (χ1n) is 3.76. The molecule has 7 heteroatoms. The summed E-state index contributed by atoms with van der Waals surface area (Å²) in [5, 5.41) is 8.50. The Kier molecular flexibility index (Phi) is 3.98. The van der Waals surface area contributed by atoms with Crippen molar-refractivity contribution in [3.05, 3.63) is 26.9 Å². The van der Waals surface area contributed by atoms with Crippen molar-refractivity contribution in [2.45, 2.75) is 12.8 Å². The van der Waals surface area contributed by atoms with Gasteiger partial charge >= 0.3 is 5.97 Å². The highest BCUT2D eigenvalue weighted by Crippen LogP contribution is 2.32. The van der Waals surface area contributed by atoms with E-state index in [2.05, 4.69) is 20.9 Å². The van der Waals surface area contributed by atoms with Crippen molar-refractivity contribution in [3.63, 3.8) is 0 Å². The molecule has 0 aliphatic rings. The zero-order valence-electron chi connectivity index (χ0n) is 7.18. The van der Waals surface area contributed by atoms with Crippen molar-refractivity contribution in [1.82, 2.24) is 4.98 Å². The molecular formula is C8H5BrClF2NO2. The van der Waals surface area contributed by atoms with Gasteiger partial charge in [0.25, 0.3) is 6.43 Å². The summed E-state index contributed by atoms with van der Waals surface area (Å²) in [5.41, 5.74) is -0.751. The first-order valence-corrected chi connectivity index (χ1v) is 4.93. The molecule has 1 aromatic heterocycles. The highest BCUT2D eigenvalue weighted by Gasteiger charge is 2.21. The molecule has 0 radical (unpaired) electrons. The maximum absolute atomic E-state index is 12.5. The average Bonchev–Trinajstić information content (AvgIpc) is 2.12. The van der Waals surface area contributed by atoms with Crippen LogP contribution in [-0.4, -0.2) is 16.1 Å². The molecule has 0 saturated heterocycles. The molecule has 0 aliphatic carbocycles. The lowest BCUT2D eigenvalue weighted by Crippen LogP contribution is -2.07. The Balaban J connectivity index is 3.28. The molecule has 0 unspecified atom stereocenters. The number of carboxylic acids is 1. The average molecular weight is 300 g/mol. The molecule has 3 nitrogen and oxygen atoms in total. The predicted molar refractivity (Wildman–Crippen MR) is 53.2 cm³/mol. The molecule has 1 heterocycles. The Hall–Kier alpha value is -0.750. The standard InChI is InChI=1S/C8H5BrClF2NO2/c9-4-2-13-7(8(11)12)3(6(4)10)1-5(14)15/h2,8H,1H2,(H,14,15). The van der Waals surface area contributed by atoms with Crippen LogP contribution in [0.4, 0.5) is 8.78 Å². The minimum Gasteiger partial charge on any atom is -0.481 e. The molecular weight excluding hydrogens is 295 g/mol. The highest BCUT2D eigenvalue weighted by molar-refractivity contribution is 9.10. The summed E-state index contributed by atoms with van der Waals surface area (Å²) in [5.74, 6) is -1.24. The van der Waals surface area contributed by atoms with Gasteiger partial charge in [0.05, 0.1) is 15.9 Å². The molecule has 1 N–H and O–H groups in total. The van der Waals surface area contributed by atoms with Crippen LogP contribution in [0.25, 0.3) is 0 Å². The van der Waals surface area contributed by atoms with E-state index in [1.807, 2.05) is 0 Å². The van der Waals surface area contributed by atoms with Crippen LogP contribution in [0.1, 0.15) is 17.7 Å². The fourth-order valence-electron chi connectivity index (χ4n) is 1.02. The molecule has 0 aromatic carbocycles. The second kappa shape index (κ2) is 4.85. The number of hydrogen-bond acceptors (Lipinski definition) is 2. The number of pyridine rings is 1. The number of nitrogens with zero attached hydrogens (tertiary/aromatic N) is 1. The van der Waals surface area contributed by atoms with Crippen LogP contribution >= 0.6 is 27.5 Å². The van der Waals surface area contributed by atoms with Crippen molar-refractivity contribution in [2.75, 3.05) is 0 Å². The van der Waals surface area contributed by atoms with Gasteiger partial charge in [0.1, 0.15) is 5.69 Å². The van der Waals surface area contributed by atoms with E-state index >= 15 is 0 Å². The number of rotatable bonds is 3. The first-order chi connectivity index (χ1) is 6.93. The molecule has 0 spiro atoms. The van der Waals surface area contributed by atoms with Crippen LogP contribution in [-0.2, 0) is 11.2 Å². The minimum atomic E-state index is -2.84. The Morgan fingerprint density at radius 2 is 2.27 bits per heavy atom. The van der Waals surface area contributed by atoms with E-state index in [0.29, 0.717) is 4.47 Å². The van der Waals surface area contributed by atoms with Gasteiger partial charge in [0, 0.05) is 11.8 Å². The van der Waals surface area contributed by atoms with Crippen molar-refractivity contribution in [3.8, 4) is 0 Å². The molecule has 0 saturated carbocycles. The number of carboxylic acid groups (broad SMARTS) is 1. The van der Waals surface area contributed by atoms with E-state index in [-0.39, 0.29) is 10.6 Å². The monoisotopic (exact) mass is 299 g/mol. The SMILES string of the molecule is O=C(O)Cc1c(C(F)F)ncc(Br)c1Cl. The van der Waals surface area contributed by atoms with E-state index < -0.39 is 24.5 Å². The Bertz CT molecular complexity index is 400. The number of carbonyl (C=O) groups is 1. The molecule has 0 bridgehead atoms.